The lowest BCUT2D eigenvalue weighted by molar-refractivity contribution is -0.894. The quantitative estimate of drug-likeness (QED) is 0.291. The van der Waals surface area contributed by atoms with Gasteiger partial charge in [-0.1, -0.05) is 26.7 Å². The Labute approximate surface area is 91.3 Å². The van der Waals surface area contributed by atoms with Gasteiger partial charge in [-0.05, 0) is 35.4 Å². The number of nitrogens with zero attached hydrogens (tertiary/aromatic N) is 1. The molecule has 0 atom stereocenters. The Morgan fingerprint density at radius 2 is 1.42 bits per heavy atom. The summed E-state index contributed by atoms with van der Waals surface area (Å²) in [6, 6.07) is 0. The second-order valence-corrected chi connectivity index (χ2v) is 4.58. The number of halogens is 1. The number of hydrogen-bond donors (Lipinski definition) is 0. The van der Waals surface area contributed by atoms with E-state index in [1.807, 2.05) is 0 Å². The molecule has 74 valence electrons. The minimum Gasteiger partial charge on any atom is -0.318 e. The summed E-state index contributed by atoms with van der Waals surface area (Å²) in [6.07, 6.45) is 5.42. The summed E-state index contributed by atoms with van der Waals surface area (Å²) >= 11 is 2.52. The molecule has 0 radical (unpaired) electrons. The lowest BCUT2D eigenvalue weighted by atomic mass is 10.2. The second-order valence-electron chi connectivity index (χ2n) is 3.89. The average molecular weight is 284 g/mol. The van der Waals surface area contributed by atoms with Crippen molar-refractivity contribution in [2.45, 2.75) is 39.5 Å². The van der Waals surface area contributed by atoms with Crippen LogP contribution in [0.4, 0.5) is 0 Å². The monoisotopic (exact) mass is 284 g/mol. The van der Waals surface area contributed by atoms with Gasteiger partial charge in [0, 0.05) is 0 Å². The maximum atomic E-state index is 2.52. The van der Waals surface area contributed by atoms with Gasteiger partial charge in [-0.2, -0.15) is 0 Å². The number of quaternary nitrogens is 1. The molecule has 1 nitrogen and oxygen atoms in total. The van der Waals surface area contributed by atoms with Gasteiger partial charge in [0.2, 0.25) is 0 Å². The first-order valence-corrected chi connectivity index (χ1v) is 6.60. The third kappa shape index (κ3) is 5.36. The van der Waals surface area contributed by atoms with Gasteiger partial charge in [-0.15, -0.1) is 0 Å². The van der Waals surface area contributed by atoms with E-state index in [2.05, 4.69) is 43.5 Å². The summed E-state index contributed by atoms with van der Waals surface area (Å²) in [4.78, 5) is 0. The van der Waals surface area contributed by atoms with Crippen molar-refractivity contribution < 1.29 is 4.48 Å². The molecule has 0 bridgehead atoms. The first-order chi connectivity index (χ1) is 5.68. The summed E-state index contributed by atoms with van der Waals surface area (Å²) in [5.74, 6) is 0. The van der Waals surface area contributed by atoms with Crippen LogP contribution in [0.15, 0.2) is 0 Å². The molecular formula is C10H23IN+. The van der Waals surface area contributed by atoms with Crippen molar-refractivity contribution in [3.63, 3.8) is 0 Å². The first kappa shape index (κ1) is 12.7. The van der Waals surface area contributed by atoms with Gasteiger partial charge in [-0.3, -0.25) is 0 Å². The highest BCUT2D eigenvalue weighted by Gasteiger charge is 2.17. The predicted molar refractivity (Wildman–Crippen MR) is 64.6 cm³/mol. The fraction of sp³-hybridized carbons (Fsp3) is 1.00. The van der Waals surface area contributed by atoms with Crippen molar-refractivity contribution in [3.05, 3.63) is 0 Å². The minimum atomic E-state index is 1.26. The molecule has 12 heavy (non-hydrogen) atoms. The van der Waals surface area contributed by atoms with Crippen molar-refractivity contribution in [2.75, 3.05) is 24.7 Å². The topological polar surface area (TPSA) is 0 Å². The van der Waals surface area contributed by atoms with Gasteiger partial charge < -0.3 is 4.48 Å². The molecule has 0 fully saturated rings. The van der Waals surface area contributed by atoms with E-state index in [4.69, 9.17) is 0 Å². The Bertz CT molecular complexity index is 96.0. The Kier molecular flexibility index (Phi) is 7.54. The average Bonchev–Trinajstić information content (AvgIpc) is 2.11. The smallest absolute Gasteiger partial charge is 0.129 e. The largest absolute Gasteiger partial charge is 0.318 e. The number of unbranched alkanes of at least 4 members (excludes halogenated alkanes) is 2. The Morgan fingerprint density at radius 1 is 1.00 bits per heavy atom. The van der Waals surface area contributed by atoms with Crippen molar-refractivity contribution in [1.29, 1.82) is 0 Å². The molecule has 0 aromatic carbocycles. The molecule has 0 amide bonds. The van der Waals surface area contributed by atoms with Crippen LogP contribution in [0.5, 0.6) is 0 Å². The normalized spacial score (nSPS) is 12.0. The van der Waals surface area contributed by atoms with Crippen LogP contribution in [-0.2, 0) is 0 Å². The van der Waals surface area contributed by atoms with E-state index in [1.165, 1.54) is 47.8 Å². The van der Waals surface area contributed by atoms with Crippen LogP contribution in [0.3, 0.4) is 0 Å². The summed E-state index contributed by atoms with van der Waals surface area (Å²) < 4.78 is 2.53. The van der Waals surface area contributed by atoms with Gasteiger partial charge >= 0.3 is 0 Å². The zero-order chi connectivity index (χ0) is 9.45. The molecular weight excluding hydrogens is 261 g/mol. The van der Waals surface area contributed by atoms with Crippen LogP contribution in [0, 0.1) is 0 Å². The lowest BCUT2D eigenvalue weighted by Crippen LogP contribution is -2.44. The molecule has 0 heterocycles. The van der Waals surface area contributed by atoms with E-state index < -0.39 is 0 Å². The molecule has 0 aliphatic heterocycles. The minimum absolute atomic E-state index is 1.26. The van der Waals surface area contributed by atoms with Crippen molar-refractivity contribution in [2.24, 2.45) is 0 Å². The van der Waals surface area contributed by atoms with Crippen molar-refractivity contribution in [1.82, 2.24) is 0 Å². The number of alkyl halides is 1. The third-order valence-electron chi connectivity index (χ3n) is 2.39. The molecule has 0 N–H and O–H groups in total. The molecule has 0 aliphatic rings. The van der Waals surface area contributed by atoms with Crippen molar-refractivity contribution in [3.8, 4) is 0 Å². The predicted octanol–water partition coefficient (Wildman–Crippen LogP) is 3.43. The zero-order valence-corrected chi connectivity index (χ0v) is 10.9. The molecule has 2 heteroatoms. The Hall–Kier alpha value is 0.690. The van der Waals surface area contributed by atoms with Gasteiger partial charge in [0.25, 0.3) is 0 Å². The lowest BCUT2D eigenvalue weighted by Gasteiger charge is -2.32. The first-order valence-electron chi connectivity index (χ1n) is 5.08. The van der Waals surface area contributed by atoms with Crippen LogP contribution < -0.4 is 0 Å². The highest BCUT2D eigenvalue weighted by molar-refractivity contribution is 14.1. The SMILES string of the molecule is CCCC[N+](C)(CI)CCCC. The molecule has 0 aromatic rings. The molecule has 0 saturated carbocycles. The number of hydrogen-bond acceptors (Lipinski definition) is 0. The molecule has 0 saturated heterocycles. The summed E-state index contributed by atoms with van der Waals surface area (Å²) in [6.45, 7) is 7.27. The van der Waals surface area contributed by atoms with E-state index in [9.17, 15) is 0 Å². The van der Waals surface area contributed by atoms with Crippen LogP contribution >= 0.6 is 22.6 Å². The van der Waals surface area contributed by atoms with Gasteiger partial charge in [0.1, 0.15) is 4.55 Å². The summed E-state index contributed by atoms with van der Waals surface area (Å²) in [5.41, 5.74) is 0. The van der Waals surface area contributed by atoms with E-state index in [-0.39, 0.29) is 0 Å². The van der Waals surface area contributed by atoms with E-state index in [1.54, 1.807) is 0 Å². The second kappa shape index (κ2) is 7.13. The van der Waals surface area contributed by atoms with Crippen molar-refractivity contribution >= 4 is 22.6 Å². The van der Waals surface area contributed by atoms with E-state index in [0.29, 0.717) is 0 Å². The standard InChI is InChI=1S/C10H23IN/c1-4-6-8-12(3,10-11)9-7-5-2/h4-10H2,1-3H3/q+1. The Morgan fingerprint density at radius 3 is 1.67 bits per heavy atom. The van der Waals surface area contributed by atoms with Gasteiger partial charge in [0.15, 0.2) is 0 Å². The molecule has 0 unspecified atom stereocenters. The third-order valence-corrected chi connectivity index (χ3v) is 4.04. The molecule has 0 aromatic heterocycles. The summed E-state index contributed by atoms with van der Waals surface area (Å²) in [7, 11) is 2.39. The van der Waals surface area contributed by atoms with Crippen LogP contribution in [0.25, 0.3) is 0 Å². The molecule has 0 rings (SSSR count). The zero-order valence-electron chi connectivity index (χ0n) is 8.77. The highest BCUT2D eigenvalue weighted by Crippen LogP contribution is 2.11. The van der Waals surface area contributed by atoms with E-state index >= 15 is 0 Å². The van der Waals surface area contributed by atoms with Gasteiger partial charge in [-0.25, -0.2) is 0 Å². The van der Waals surface area contributed by atoms with Crippen LogP contribution in [0.2, 0.25) is 0 Å². The Balaban J connectivity index is 3.70. The summed E-state index contributed by atoms with van der Waals surface area (Å²) in [5, 5.41) is 0. The molecule has 0 aliphatic carbocycles. The fourth-order valence-electron chi connectivity index (χ4n) is 1.31. The fourth-order valence-corrected chi connectivity index (χ4v) is 1.99. The molecule has 0 spiro atoms. The van der Waals surface area contributed by atoms with Crippen LogP contribution in [-0.4, -0.2) is 29.2 Å². The maximum Gasteiger partial charge on any atom is 0.129 e. The highest BCUT2D eigenvalue weighted by atomic mass is 127. The number of rotatable bonds is 7. The maximum absolute atomic E-state index is 2.52. The van der Waals surface area contributed by atoms with Crippen LogP contribution in [0.1, 0.15) is 39.5 Å². The van der Waals surface area contributed by atoms with E-state index in [0.717, 1.165) is 0 Å². The van der Waals surface area contributed by atoms with Gasteiger partial charge in [0.05, 0.1) is 20.1 Å².